The number of nitrogens with one attached hydrogen (secondary N) is 1. The molecule has 7 heteroatoms. The maximum atomic E-state index is 13.5. The van der Waals surface area contributed by atoms with Crippen molar-refractivity contribution in [2.75, 3.05) is 4.72 Å². The number of hydrogen-bond donors (Lipinski definition) is 2. The Morgan fingerprint density at radius 3 is 2.39 bits per heavy atom. The number of hydrogen-bond acceptors (Lipinski definition) is 3. The fourth-order valence-electron chi connectivity index (χ4n) is 1.20. The van der Waals surface area contributed by atoms with Gasteiger partial charge in [-0.15, -0.1) is 0 Å². The van der Waals surface area contributed by atoms with Crippen molar-refractivity contribution in [2.45, 2.75) is 26.0 Å². The summed E-state index contributed by atoms with van der Waals surface area (Å²) in [6.07, 6.45) is 0. The molecule has 0 aliphatic rings. The molecule has 0 bridgehead atoms. The second-order valence-electron chi connectivity index (χ2n) is 4.19. The predicted octanol–water partition coefficient (Wildman–Crippen LogP) is 1.38. The number of rotatable bonds is 4. The number of primary amides is 1. The van der Waals surface area contributed by atoms with Crippen LogP contribution in [0.1, 0.15) is 29.8 Å². The molecule has 0 saturated carbocycles. The number of carbonyl (C=O) groups excluding carboxylic acids is 1. The molecule has 3 N–H and O–H groups in total. The first-order valence-electron chi connectivity index (χ1n) is 5.26. The Kier molecular flexibility index (Phi) is 3.95. The van der Waals surface area contributed by atoms with Crippen molar-refractivity contribution in [2.24, 2.45) is 5.73 Å². The van der Waals surface area contributed by atoms with Gasteiger partial charge in [0.1, 0.15) is 5.82 Å². The second-order valence-corrected chi connectivity index (χ2v) is 6.43. The lowest BCUT2D eigenvalue weighted by molar-refractivity contribution is 0.1000. The summed E-state index contributed by atoms with van der Waals surface area (Å²) in [5.74, 6) is -1.51. The Morgan fingerprint density at radius 2 is 1.94 bits per heavy atom. The smallest absolute Gasteiger partial charge is 0.248 e. The molecule has 0 radical (unpaired) electrons. The Balaban J connectivity index is 3.29. The van der Waals surface area contributed by atoms with Gasteiger partial charge in [-0.3, -0.25) is 9.52 Å². The molecule has 1 aromatic carbocycles. The summed E-state index contributed by atoms with van der Waals surface area (Å²) in [5.41, 5.74) is 5.10. The molecule has 0 atom stereocenters. The van der Waals surface area contributed by atoms with Gasteiger partial charge in [0.15, 0.2) is 0 Å². The average Bonchev–Trinajstić information content (AvgIpc) is 2.23. The molecular formula is C11H15FN2O3S. The molecule has 1 rings (SSSR count). The number of halogens is 1. The van der Waals surface area contributed by atoms with E-state index < -0.39 is 27.0 Å². The summed E-state index contributed by atoms with van der Waals surface area (Å²) < 4.78 is 39.2. The van der Waals surface area contributed by atoms with Crippen LogP contribution in [0.4, 0.5) is 10.1 Å². The van der Waals surface area contributed by atoms with E-state index in [1.54, 1.807) is 0 Å². The van der Waals surface area contributed by atoms with Crippen LogP contribution >= 0.6 is 0 Å². The third kappa shape index (κ3) is 2.98. The highest BCUT2D eigenvalue weighted by molar-refractivity contribution is 7.93. The van der Waals surface area contributed by atoms with Crippen LogP contribution in [0.25, 0.3) is 0 Å². The van der Waals surface area contributed by atoms with Crippen molar-refractivity contribution in [3.63, 3.8) is 0 Å². The summed E-state index contributed by atoms with van der Waals surface area (Å²) in [5, 5.41) is -0.669. The van der Waals surface area contributed by atoms with Gasteiger partial charge >= 0.3 is 0 Å². The predicted molar refractivity (Wildman–Crippen MR) is 67.3 cm³/mol. The highest BCUT2D eigenvalue weighted by atomic mass is 32.2. The van der Waals surface area contributed by atoms with Gasteiger partial charge in [0, 0.05) is 11.1 Å². The number of amides is 1. The van der Waals surface area contributed by atoms with E-state index >= 15 is 0 Å². The van der Waals surface area contributed by atoms with E-state index in [1.807, 2.05) is 0 Å². The third-order valence-electron chi connectivity index (χ3n) is 2.50. The van der Waals surface area contributed by atoms with Gasteiger partial charge in [0.25, 0.3) is 0 Å². The van der Waals surface area contributed by atoms with Gasteiger partial charge in [-0.2, -0.15) is 0 Å². The lowest BCUT2D eigenvalue weighted by Gasteiger charge is -2.14. The van der Waals surface area contributed by atoms with Gasteiger partial charge in [0.2, 0.25) is 15.9 Å². The standard InChI is InChI=1S/C11H15FN2O3S/c1-6(2)18(16,17)14-10-5-8(11(13)15)4-9(12)7(10)3/h4-6,14H,1-3H3,(H2,13,15). The van der Waals surface area contributed by atoms with Gasteiger partial charge in [-0.05, 0) is 32.9 Å². The molecule has 0 unspecified atom stereocenters. The van der Waals surface area contributed by atoms with Crippen LogP contribution in [0.3, 0.4) is 0 Å². The lowest BCUT2D eigenvalue weighted by Crippen LogP contribution is -2.23. The van der Waals surface area contributed by atoms with Gasteiger partial charge in [-0.1, -0.05) is 0 Å². The minimum atomic E-state index is -3.60. The Labute approximate surface area is 105 Å². The molecular weight excluding hydrogens is 259 g/mol. The second kappa shape index (κ2) is 4.93. The molecule has 18 heavy (non-hydrogen) atoms. The molecule has 0 aromatic heterocycles. The van der Waals surface area contributed by atoms with Crippen LogP contribution in [-0.2, 0) is 10.0 Å². The van der Waals surface area contributed by atoms with E-state index in [4.69, 9.17) is 5.73 Å². The fourth-order valence-corrected chi connectivity index (χ4v) is 1.95. The van der Waals surface area contributed by atoms with Crippen molar-refractivity contribution in [1.29, 1.82) is 0 Å². The summed E-state index contributed by atoms with van der Waals surface area (Å²) in [7, 11) is -3.60. The van der Waals surface area contributed by atoms with Crippen LogP contribution in [-0.4, -0.2) is 19.6 Å². The normalized spacial score (nSPS) is 11.6. The molecule has 0 saturated heterocycles. The van der Waals surface area contributed by atoms with E-state index in [2.05, 4.69) is 4.72 Å². The van der Waals surface area contributed by atoms with Crippen molar-refractivity contribution in [3.05, 3.63) is 29.1 Å². The van der Waals surface area contributed by atoms with Crippen LogP contribution in [0.15, 0.2) is 12.1 Å². The molecule has 0 fully saturated rings. The van der Waals surface area contributed by atoms with Gasteiger partial charge in [-0.25, -0.2) is 12.8 Å². The molecule has 0 aliphatic carbocycles. The molecule has 1 aromatic rings. The third-order valence-corrected chi connectivity index (χ3v) is 4.25. The SMILES string of the molecule is Cc1c(F)cc(C(N)=O)cc1NS(=O)(=O)C(C)C. The van der Waals surface area contributed by atoms with Gasteiger partial charge < -0.3 is 5.73 Å². The van der Waals surface area contributed by atoms with Crippen LogP contribution in [0.5, 0.6) is 0 Å². The minimum Gasteiger partial charge on any atom is -0.366 e. The number of benzene rings is 1. The molecule has 0 heterocycles. The van der Waals surface area contributed by atoms with Crippen LogP contribution in [0, 0.1) is 12.7 Å². The van der Waals surface area contributed by atoms with E-state index in [9.17, 15) is 17.6 Å². The Morgan fingerprint density at radius 1 is 1.39 bits per heavy atom. The van der Waals surface area contributed by atoms with Crippen LogP contribution in [0.2, 0.25) is 0 Å². The highest BCUT2D eigenvalue weighted by Crippen LogP contribution is 2.22. The maximum absolute atomic E-state index is 13.5. The largest absolute Gasteiger partial charge is 0.366 e. The number of nitrogens with two attached hydrogens (primary N) is 1. The van der Waals surface area contributed by atoms with E-state index in [-0.39, 0.29) is 16.8 Å². The maximum Gasteiger partial charge on any atom is 0.248 e. The van der Waals surface area contributed by atoms with Crippen molar-refractivity contribution < 1.29 is 17.6 Å². The van der Waals surface area contributed by atoms with E-state index in [1.165, 1.54) is 26.8 Å². The zero-order valence-corrected chi connectivity index (χ0v) is 11.1. The zero-order chi connectivity index (χ0) is 14.1. The van der Waals surface area contributed by atoms with Crippen molar-refractivity contribution in [3.8, 4) is 0 Å². The quantitative estimate of drug-likeness (QED) is 0.869. The molecule has 5 nitrogen and oxygen atoms in total. The fraction of sp³-hybridized carbons (Fsp3) is 0.364. The first kappa shape index (κ1) is 14.4. The van der Waals surface area contributed by atoms with Crippen molar-refractivity contribution in [1.82, 2.24) is 0 Å². The summed E-state index contributed by atoms with van der Waals surface area (Å²) in [6, 6.07) is 2.20. The van der Waals surface area contributed by atoms with E-state index in [0.717, 1.165) is 6.07 Å². The number of anilines is 1. The average molecular weight is 274 g/mol. The molecule has 0 spiro atoms. The number of carbonyl (C=O) groups is 1. The highest BCUT2D eigenvalue weighted by Gasteiger charge is 2.19. The number of sulfonamides is 1. The van der Waals surface area contributed by atoms with E-state index in [0.29, 0.717) is 0 Å². The first-order chi connectivity index (χ1) is 8.15. The first-order valence-corrected chi connectivity index (χ1v) is 6.81. The van der Waals surface area contributed by atoms with Crippen molar-refractivity contribution >= 4 is 21.6 Å². The summed E-state index contributed by atoms with van der Waals surface area (Å²) >= 11 is 0. The topological polar surface area (TPSA) is 89.3 Å². The monoisotopic (exact) mass is 274 g/mol. The minimum absolute atomic E-state index is 0.0255. The Hall–Kier alpha value is -1.63. The lowest BCUT2D eigenvalue weighted by atomic mass is 10.1. The summed E-state index contributed by atoms with van der Waals surface area (Å²) in [4.78, 5) is 11.0. The molecule has 100 valence electrons. The zero-order valence-electron chi connectivity index (χ0n) is 10.3. The molecule has 0 aliphatic heterocycles. The molecule has 1 amide bonds. The Bertz CT molecular complexity index is 582. The van der Waals surface area contributed by atoms with Gasteiger partial charge in [0.05, 0.1) is 10.9 Å². The van der Waals surface area contributed by atoms with Crippen LogP contribution < -0.4 is 10.5 Å². The summed E-state index contributed by atoms with van der Waals surface area (Å²) in [6.45, 7) is 4.40.